The average Bonchev–Trinajstić information content (AvgIpc) is 2.39. The van der Waals surface area contributed by atoms with Crippen molar-refractivity contribution in [2.24, 2.45) is 4.99 Å². The number of hydrogen-bond donors (Lipinski definition) is 0. The van der Waals surface area contributed by atoms with Crippen LogP contribution in [-0.2, 0) is 0 Å². The number of benzene rings is 1. The summed E-state index contributed by atoms with van der Waals surface area (Å²) in [5.74, 6) is 0.825. The molecule has 0 aliphatic carbocycles. The highest BCUT2D eigenvalue weighted by Gasteiger charge is 2.13. The Balaban J connectivity index is 2.30. The zero-order chi connectivity index (χ0) is 11.4. The largest absolute Gasteiger partial charge is 0.310 e. The molecular weight excluding hydrogens is 196 g/mol. The van der Waals surface area contributed by atoms with Crippen molar-refractivity contribution in [3.8, 4) is 0 Å². The first-order valence-corrected chi connectivity index (χ1v) is 5.19. The molecule has 2 nitrogen and oxygen atoms in total. The lowest BCUT2D eigenvalue weighted by Crippen LogP contribution is -2.21. The van der Waals surface area contributed by atoms with E-state index in [1.165, 1.54) is 5.56 Å². The van der Waals surface area contributed by atoms with E-state index in [0.29, 0.717) is 0 Å². The maximum atomic E-state index is 4.59. The Kier molecular flexibility index (Phi) is 3.01. The highest BCUT2D eigenvalue weighted by Crippen LogP contribution is 2.23. The number of amidine groups is 1. The third kappa shape index (κ3) is 1.96. The third-order valence-electron chi connectivity index (χ3n) is 2.49. The van der Waals surface area contributed by atoms with Crippen LogP contribution in [0.15, 0.2) is 73.0 Å². The van der Waals surface area contributed by atoms with Crippen molar-refractivity contribution in [1.82, 2.24) is 4.90 Å². The Bertz CT molecular complexity index is 443. The van der Waals surface area contributed by atoms with Gasteiger partial charge in [-0.15, -0.1) is 0 Å². The summed E-state index contributed by atoms with van der Waals surface area (Å²) in [4.78, 5) is 6.44. The van der Waals surface area contributed by atoms with Crippen LogP contribution in [0.25, 0.3) is 0 Å². The fourth-order valence-corrected chi connectivity index (χ4v) is 1.65. The summed E-state index contributed by atoms with van der Waals surface area (Å²) in [6.07, 6.45) is 7.47. The van der Waals surface area contributed by atoms with Crippen molar-refractivity contribution in [2.75, 3.05) is 0 Å². The van der Waals surface area contributed by atoms with Crippen molar-refractivity contribution in [3.63, 3.8) is 0 Å². The predicted octanol–water partition coefficient (Wildman–Crippen LogP) is 3.29. The van der Waals surface area contributed by atoms with Crippen LogP contribution in [0.1, 0.15) is 11.6 Å². The summed E-state index contributed by atoms with van der Waals surface area (Å²) in [5, 5.41) is 0. The van der Waals surface area contributed by atoms with Crippen LogP contribution < -0.4 is 0 Å². The fourth-order valence-electron chi connectivity index (χ4n) is 1.65. The van der Waals surface area contributed by atoms with Crippen LogP contribution >= 0.6 is 0 Å². The molecular formula is C14H14N2. The van der Waals surface area contributed by atoms with Gasteiger partial charge in [0.25, 0.3) is 0 Å². The molecule has 0 saturated carbocycles. The predicted molar refractivity (Wildman–Crippen MR) is 68.0 cm³/mol. The van der Waals surface area contributed by atoms with Crippen LogP contribution in [0.5, 0.6) is 0 Å². The van der Waals surface area contributed by atoms with E-state index in [0.717, 1.165) is 5.84 Å². The molecule has 0 saturated heterocycles. The zero-order valence-electron chi connectivity index (χ0n) is 9.08. The van der Waals surface area contributed by atoms with Crippen LogP contribution in [0.4, 0.5) is 0 Å². The Morgan fingerprint density at radius 1 is 1.19 bits per heavy atom. The zero-order valence-corrected chi connectivity index (χ0v) is 9.08. The molecule has 0 aromatic heterocycles. The molecule has 2 rings (SSSR count). The van der Waals surface area contributed by atoms with E-state index in [1.54, 1.807) is 12.3 Å². The van der Waals surface area contributed by atoms with Crippen LogP contribution in [0.3, 0.4) is 0 Å². The number of aliphatic imine (C=N–C) groups is 1. The molecule has 0 amide bonds. The van der Waals surface area contributed by atoms with E-state index in [1.807, 2.05) is 35.4 Å². The molecule has 1 aromatic carbocycles. The maximum absolute atomic E-state index is 4.59. The highest BCUT2D eigenvalue weighted by molar-refractivity contribution is 5.94. The Morgan fingerprint density at radius 2 is 1.94 bits per heavy atom. The second-order valence-corrected chi connectivity index (χ2v) is 3.48. The summed E-state index contributed by atoms with van der Waals surface area (Å²) >= 11 is 0. The normalized spacial score (nSPS) is 19.1. The van der Waals surface area contributed by atoms with E-state index in [-0.39, 0.29) is 6.04 Å². The average molecular weight is 210 g/mol. The quantitative estimate of drug-likeness (QED) is 0.747. The Labute approximate surface area is 95.9 Å². The van der Waals surface area contributed by atoms with Gasteiger partial charge in [-0.05, 0) is 17.7 Å². The lowest BCUT2D eigenvalue weighted by atomic mass is 10.1. The van der Waals surface area contributed by atoms with Crippen molar-refractivity contribution < 1.29 is 0 Å². The molecule has 1 aliphatic heterocycles. The summed E-state index contributed by atoms with van der Waals surface area (Å²) in [6.45, 7) is 7.48. The summed E-state index contributed by atoms with van der Waals surface area (Å²) in [7, 11) is 0. The van der Waals surface area contributed by atoms with E-state index in [4.69, 9.17) is 0 Å². The van der Waals surface area contributed by atoms with Gasteiger partial charge in [0.1, 0.15) is 5.84 Å². The summed E-state index contributed by atoms with van der Waals surface area (Å²) in [5.41, 5.74) is 1.18. The fraction of sp³-hybridized carbons (Fsp3) is 0.0714. The minimum Gasteiger partial charge on any atom is -0.310 e. The van der Waals surface area contributed by atoms with Gasteiger partial charge in [-0.1, -0.05) is 43.5 Å². The van der Waals surface area contributed by atoms with Crippen LogP contribution in [0.2, 0.25) is 0 Å². The van der Waals surface area contributed by atoms with Gasteiger partial charge in [0.15, 0.2) is 0 Å². The van der Waals surface area contributed by atoms with E-state index >= 15 is 0 Å². The van der Waals surface area contributed by atoms with Gasteiger partial charge in [0, 0.05) is 12.4 Å². The lowest BCUT2D eigenvalue weighted by molar-refractivity contribution is 0.704. The monoisotopic (exact) mass is 210 g/mol. The molecule has 16 heavy (non-hydrogen) atoms. The maximum Gasteiger partial charge on any atom is 0.131 e. The Hall–Kier alpha value is -2.09. The lowest BCUT2D eigenvalue weighted by Gasteiger charge is -2.22. The molecule has 1 aromatic rings. The van der Waals surface area contributed by atoms with Crippen molar-refractivity contribution in [2.45, 2.75) is 6.04 Å². The molecule has 1 heterocycles. The number of rotatable bonds is 3. The van der Waals surface area contributed by atoms with Gasteiger partial charge < -0.3 is 4.90 Å². The van der Waals surface area contributed by atoms with Gasteiger partial charge in [0.2, 0.25) is 0 Å². The smallest absolute Gasteiger partial charge is 0.131 e. The molecule has 2 heteroatoms. The van der Waals surface area contributed by atoms with E-state index in [9.17, 15) is 0 Å². The summed E-state index contributed by atoms with van der Waals surface area (Å²) < 4.78 is 0. The summed E-state index contributed by atoms with van der Waals surface area (Å²) in [6, 6.07) is 10.3. The van der Waals surface area contributed by atoms with E-state index < -0.39 is 0 Å². The molecule has 0 radical (unpaired) electrons. The van der Waals surface area contributed by atoms with Gasteiger partial charge in [0.05, 0.1) is 6.04 Å². The molecule has 1 unspecified atom stereocenters. The minimum absolute atomic E-state index is 0.0744. The molecule has 0 bridgehead atoms. The highest BCUT2D eigenvalue weighted by atomic mass is 15.2. The molecule has 0 N–H and O–H groups in total. The first-order valence-electron chi connectivity index (χ1n) is 5.19. The number of hydrogen-bond acceptors (Lipinski definition) is 2. The van der Waals surface area contributed by atoms with Gasteiger partial charge >= 0.3 is 0 Å². The minimum atomic E-state index is 0.0744. The molecule has 1 aliphatic rings. The van der Waals surface area contributed by atoms with Gasteiger partial charge in [-0.3, -0.25) is 4.99 Å². The molecule has 0 fully saturated rings. The number of nitrogens with zero attached hydrogens (tertiary/aromatic N) is 2. The second kappa shape index (κ2) is 4.62. The van der Waals surface area contributed by atoms with Gasteiger partial charge in [-0.2, -0.15) is 0 Å². The molecule has 80 valence electrons. The van der Waals surface area contributed by atoms with Crippen molar-refractivity contribution in [1.29, 1.82) is 0 Å². The Morgan fingerprint density at radius 3 is 2.56 bits per heavy atom. The van der Waals surface area contributed by atoms with Gasteiger partial charge in [-0.25, -0.2) is 0 Å². The first kappa shape index (κ1) is 10.4. The standard InChI is InChI=1S/C14H14N2/c1-3-14-15-13(10-11-16(14)4-2)12-8-6-5-7-9-12/h3-11,13H,1-2H2. The SMILES string of the molecule is C=CC1=NC(c2ccccc2)C=CN1C=C. The topological polar surface area (TPSA) is 15.6 Å². The van der Waals surface area contributed by atoms with Crippen LogP contribution in [0, 0.1) is 0 Å². The van der Waals surface area contributed by atoms with E-state index in [2.05, 4.69) is 30.3 Å². The molecule has 0 spiro atoms. The first-order chi connectivity index (χ1) is 7.85. The van der Waals surface area contributed by atoms with Crippen molar-refractivity contribution in [3.05, 3.63) is 73.6 Å². The van der Waals surface area contributed by atoms with Crippen LogP contribution in [-0.4, -0.2) is 10.7 Å². The van der Waals surface area contributed by atoms with Crippen molar-refractivity contribution >= 4 is 5.84 Å². The molecule has 1 atom stereocenters. The third-order valence-corrected chi connectivity index (χ3v) is 2.49. The second-order valence-electron chi connectivity index (χ2n) is 3.48.